The number of amides is 1. The molecule has 0 aliphatic carbocycles. The van der Waals surface area contributed by atoms with Gasteiger partial charge in [-0.1, -0.05) is 80.0 Å². The number of thioether (sulfide) groups is 1. The van der Waals surface area contributed by atoms with Crippen molar-refractivity contribution in [1.82, 2.24) is 19.4 Å². The van der Waals surface area contributed by atoms with Gasteiger partial charge in [0.2, 0.25) is 0 Å². The molecule has 0 aromatic heterocycles. The normalized spacial score (nSPS) is 14.9. The molecular formula is C46H54ClN7O3S2. The number of nitro benzene ring substituents is 1. The lowest BCUT2D eigenvalue weighted by Gasteiger charge is -2.36. The van der Waals surface area contributed by atoms with Crippen molar-refractivity contribution in [2.75, 3.05) is 88.0 Å². The highest BCUT2D eigenvalue weighted by atomic mass is 35.5. The maximum Gasteiger partial charge on any atom is 0.293 e. The first kappa shape index (κ1) is 44.0. The molecule has 0 atom stereocenters. The molecule has 0 spiro atoms. The van der Waals surface area contributed by atoms with Crippen LogP contribution in [0, 0.1) is 10.1 Å². The van der Waals surface area contributed by atoms with Crippen molar-refractivity contribution < 1.29 is 9.72 Å². The zero-order valence-electron chi connectivity index (χ0n) is 33.9. The Bertz CT molecular complexity index is 2070. The molecule has 13 heteroatoms. The number of carbonyl (C=O) groups is 1. The van der Waals surface area contributed by atoms with Crippen LogP contribution < -0.4 is 14.9 Å². The Balaban J connectivity index is 0.000000512. The van der Waals surface area contributed by atoms with E-state index in [9.17, 15) is 14.9 Å². The topological polar surface area (TPSA) is 97.2 Å². The van der Waals surface area contributed by atoms with Gasteiger partial charge in [0.15, 0.2) is 0 Å². The van der Waals surface area contributed by atoms with E-state index in [-0.39, 0.29) is 11.6 Å². The molecule has 7 rings (SSSR count). The van der Waals surface area contributed by atoms with Gasteiger partial charge in [0.05, 0.1) is 4.92 Å². The van der Waals surface area contributed by atoms with Crippen LogP contribution in [0.4, 0.5) is 17.1 Å². The molecule has 0 bridgehead atoms. The highest BCUT2D eigenvalue weighted by Crippen LogP contribution is 2.31. The zero-order valence-corrected chi connectivity index (χ0v) is 36.3. The van der Waals surface area contributed by atoms with Crippen molar-refractivity contribution >= 4 is 58.3 Å². The Hall–Kier alpha value is -4.56. The minimum absolute atomic E-state index is 0.0285. The van der Waals surface area contributed by atoms with E-state index in [1.807, 2.05) is 66.7 Å². The second-order valence-corrected chi connectivity index (χ2v) is 16.9. The molecular weight excluding hydrogens is 798 g/mol. The van der Waals surface area contributed by atoms with Gasteiger partial charge in [-0.2, -0.15) is 0 Å². The number of benzene rings is 5. The largest absolute Gasteiger partial charge is 0.379 e. The number of rotatable bonds is 15. The van der Waals surface area contributed by atoms with Crippen molar-refractivity contribution in [3.8, 4) is 11.1 Å². The fourth-order valence-corrected chi connectivity index (χ4v) is 8.68. The molecule has 0 radical (unpaired) electrons. The van der Waals surface area contributed by atoms with Gasteiger partial charge < -0.3 is 20.0 Å². The lowest BCUT2D eigenvalue weighted by atomic mass is 9.99. The highest BCUT2D eigenvalue weighted by molar-refractivity contribution is 7.99. The third kappa shape index (κ3) is 13.2. The molecule has 5 aromatic carbocycles. The lowest BCUT2D eigenvalue weighted by Crippen LogP contribution is -2.46. The number of nitro groups is 1. The summed E-state index contributed by atoms with van der Waals surface area (Å²) in [5, 5.41) is 15.7. The Morgan fingerprint density at radius 2 is 1.36 bits per heavy atom. The van der Waals surface area contributed by atoms with Gasteiger partial charge in [0.1, 0.15) is 5.69 Å². The number of nitrogens with one attached hydrogen (secondary N) is 2. The number of carbonyl (C=O) groups excluding carboxylic acids is 1. The predicted molar refractivity (Wildman–Crippen MR) is 247 cm³/mol. The summed E-state index contributed by atoms with van der Waals surface area (Å²) in [5.74, 6) is 0.507. The van der Waals surface area contributed by atoms with Crippen LogP contribution >= 0.6 is 35.3 Å². The second kappa shape index (κ2) is 22.7. The summed E-state index contributed by atoms with van der Waals surface area (Å²) in [4.78, 5) is 35.9. The molecule has 2 saturated heterocycles. The number of hydrogen-bond donors (Lipinski definition) is 2. The number of likely N-dealkylation sites (N-methyl/N-ethyl adjacent to an activating group) is 2. The molecule has 2 N–H and O–H groups in total. The molecule has 2 aliphatic rings. The Morgan fingerprint density at radius 1 is 0.729 bits per heavy atom. The minimum atomic E-state index is -0.405. The van der Waals surface area contributed by atoms with Gasteiger partial charge >= 0.3 is 0 Å². The first-order valence-electron chi connectivity index (χ1n) is 20.3. The zero-order chi connectivity index (χ0) is 41.4. The highest BCUT2D eigenvalue weighted by Gasteiger charge is 2.20. The van der Waals surface area contributed by atoms with E-state index in [1.54, 1.807) is 23.9 Å². The van der Waals surface area contributed by atoms with Gasteiger partial charge in [-0.05, 0) is 102 Å². The van der Waals surface area contributed by atoms with Gasteiger partial charge in [-0.25, -0.2) is 0 Å². The molecule has 0 saturated carbocycles. The average molecular weight is 853 g/mol. The third-order valence-electron chi connectivity index (χ3n) is 10.6. The molecule has 2 heterocycles. The first-order valence-corrected chi connectivity index (χ1v) is 22.5. The van der Waals surface area contributed by atoms with Crippen molar-refractivity contribution in [3.05, 3.63) is 148 Å². The SMILES string of the molecule is CCN1CCN(CC)CC1.O=C(NSc1ccc(NCCSc2ccccc2)c([N+](=O)[O-])c1)c1ccc(N2CCN(Cc3ccccc3-c3ccc(Cl)cc3)CC2)cc1. The first-order chi connectivity index (χ1) is 28.8. The van der Waals surface area contributed by atoms with Gasteiger partial charge in [-0.15, -0.1) is 11.8 Å². The maximum atomic E-state index is 12.9. The Kier molecular flexibility index (Phi) is 16.9. The van der Waals surface area contributed by atoms with Crippen LogP contribution in [0.15, 0.2) is 131 Å². The molecule has 0 unspecified atom stereocenters. The van der Waals surface area contributed by atoms with Crippen LogP contribution in [-0.2, 0) is 6.54 Å². The van der Waals surface area contributed by atoms with E-state index in [2.05, 4.69) is 79.9 Å². The van der Waals surface area contributed by atoms with Crippen LogP contribution in [0.1, 0.15) is 29.8 Å². The van der Waals surface area contributed by atoms with E-state index in [0.717, 1.165) is 71.6 Å². The standard InChI is InChI=1S/C38H36ClN5O3S2.C8H18N2/c39-31-14-10-28(11-15-31)35-9-5-4-6-30(35)27-42-21-23-43(24-22-42)32-16-12-29(13-17-32)38(45)41-49-34-18-19-36(37(26-34)44(46)47)40-20-25-48-33-7-2-1-3-8-33;1-3-9-5-7-10(4-2)8-6-9/h1-19,26,40H,20-25,27H2,(H,41,45);3-8H2,1-2H3. The molecule has 10 nitrogen and oxygen atoms in total. The van der Waals surface area contributed by atoms with Crippen LogP contribution in [0.25, 0.3) is 11.1 Å². The maximum absolute atomic E-state index is 12.9. The number of piperazine rings is 2. The second-order valence-electron chi connectivity index (χ2n) is 14.4. The van der Waals surface area contributed by atoms with E-state index >= 15 is 0 Å². The molecule has 310 valence electrons. The molecule has 1 amide bonds. The van der Waals surface area contributed by atoms with Gasteiger partial charge in [-0.3, -0.25) is 24.5 Å². The number of halogens is 1. The van der Waals surface area contributed by atoms with Crippen molar-refractivity contribution in [2.45, 2.75) is 30.2 Å². The summed E-state index contributed by atoms with van der Waals surface area (Å²) in [7, 11) is 0. The molecule has 2 fully saturated rings. The van der Waals surface area contributed by atoms with Crippen LogP contribution in [0.3, 0.4) is 0 Å². The number of anilines is 2. The Labute approximate surface area is 362 Å². The summed E-state index contributed by atoms with van der Waals surface area (Å²) < 4.78 is 2.82. The van der Waals surface area contributed by atoms with E-state index in [0.29, 0.717) is 22.7 Å². The van der Waals surface area contributed by atoms with Crippen molar-refractivity contribution in [1.29, 1.82) is 0 Å². The average Bonchev–Trinajstić information content (AvgIpc) is 3.28. The van der Waals surface area contributed by atoms with Crippen molar-refractivity contribution in [3.63, 3.8) is 0 Å². The smallest absolute Gasteiger partial charge is 0.293 e. The molecule has 5 aromatic rings. The van der Waals surface area contributed by atoms with Crippen molar-refractivity contribution in [2.24, 2.45) is 0 Å². The monoisotopic (exact) mass is 851 g/mol. The summed E-state index contributed by atoms with van der Waals surface area (Å²) >= 11 is 8.86. The van der Waals surface area contributed by atoms with Crippen LogP contribution in [-0.4, -0.2) is 103 Å². The fourth-order valence-electron chi connectivity index (χ4n) is 7.13. The molecule has 2 aliphatic heterocycles. The Morgan fingerprint density at radius 3 is 2.00 bits per heavy atom. The number of nitrogens with zero attached hydrogens (tertiary/aromatic N) is 5. The minimum Gasteiger partial charge on any atom is -0.379 e. The summed E-state index contributed by atoms with van der Waals surface area (Å²) in [5.41, 5.74) is 5.71. The van der Waals surface area contributed by atoms with Gasteiger partial charge in [0.25, 0.3) is 11.6 Å². The summed E-state index contributed by atoms with van der Waals surface area (Å²) in [6, 6.07) is 39.1. The van der Waals surface area contributed by atoms with E-state index in [1.165, 1.54) is 56.5 Å². The summed E-state index contributed by atoms with van der Waals surface area (Å²) in [6.07, 6.45) is 0. The predicted octanol–water partition coefficient (Wildman–Crippen LogP) is 9.52. The van der Waals surface area contributed by atoms with Crippen LogP contribution in [0.2, 0.25) is 5.02 Å². The van der Waals surface area contributed by atoms with E-state index < -0.39 is 4.92 Å². The quantitative estimate of drug-likeness (QED) is 0.0349. The number of hydrogen-bond acceptors (Lipinski definition) is 10. The summed E-state index contributed by atoms with van der Waals surface area (Å²) in [6.45, 7) is 17.1. The molecule has 59 heavy (non-hydrogen) atoms. The fraction of sp³-hybridized carbons (Fsp3) is 0.326. The lowest BCUT2D eigenvalue weighted by molar-refractivity contribution is -0.384. The van der Waals surface area contributed by atoms with E-state index in [4.69, 9.17) is 11.6 Å². The van der Waals surface area contributed by atoms with Gasteiger partial charge in [0, 0.05) is 103 Å². The van der Waals surface area contributed by atoms with Crippen LogP contribution in [0.5, 0.6) is 0 Å². The third-order valence-corrected chi connectivity index (χ3v) is 12.7.